The third-order valence-corrected chi connectivity index (χ3v) is 2.49. The van der Waals surface area contributed by atoms with Gasteiger partial charge in [-0.3, -0.25) is 14.5 Å². The van der Waals surface area contributed by atoms with Crippen LogP contribution in [0.2, 0.25) is 0 Å². The van der Waals surface area contributed by atoms with E-state index in [1.807, 2.05) is 0 Å². The van der Waals surface area contributed by atoms with Crippen LogP contribution in [-0.4, -0.2) is 43.9 Å². The minimum atomic E-state index is -0.458. The van der Waals surface area contributed by atoms with Crippen LogP contribution in [0.4, 0.5) is 11.4 Å². The van der Waals surface area contributed by atoms with Crippen molar-refractivity contribution < 1.29 is 9.59 Å². The molecular weight excluding hydrogens is 232 g/mol. The van der Waals surface area contributed by atoms with Crippen molar-refractivity contribution >= 4 is 23.2 Å². The lowest BCUT2D eigenvalue weighted by Crippen LogP contribution is -2.40. The number of amides is 2. The van der Waals surface area contributed by atoms with E-state index < -0.39 is 5.91 Å². The lowest BCUT2D eigenvalue weighted by Gasteiger charge is -2.21. The summed E-state index contributed by atoms with van der Waals surface area (Å²) in [5.74, 6) is -0.580. The van der Waals surface area contributed by atoms with Gasteiger partial charge in [0.15, 0.2) is 0 Å². The minimum Gasteiger partial charge on any atom is -0.399 e. The van der Waals surface area contributed by atoms with Crippen molar-refractivity contribution in [2.45, 2.75) is 0 Å². The van der Waals surface area contributed by atoms with Crippen molar-refractivity contribution in [1.82, 2.24) is 4.90 Å². The van der Waals surface area contributed by atoms with Gasteiger partial charge >= 0.3 is 0 Å². The second-order valence-electron chi connectivity index (χ2n) is 4.18. The van der Waals surface area contributed by atoms with Crippen LogP contribution < -0.4 is 16.4 Å². The largest absolute Gasteiger partial charge is 0.399 e. The normalized spacial score (nSPS) is 10.4. The fourth-order valence-corrected chi connectivity index (χ4v) is 1.50. The molecule has 0 radical (unpaired) electrons. The smallest absolute Gasteiger partial charge is 0.240 e. The Morgan fingerprint density at radius 3 is 2.17 bits per heavy atom. The highest BCUT2D eigenvalue weighted by molar-refractivity contribution is 5.94. The number of benzene rings is 1. The van der Waals surface area contributed by atoms with Crippen LogP contribution in [0.1, 0.15) is 0 Å². The summed E-state index contributed by atoms with van der Waals surface area (Å²) in [6, 6.07) is 6.99. The van der Waals surface area contributed by atoms with Gasteiger partial charge in [-0.1, -0.05) is 0 Å². The van der Waals surface area contributed by atoms with E-state index in [0.29, 0.717) is 5.69 Å². The van der Waals surface area contributed by atoms with Gasteiger partial charge in [0.25, 0.3) is 0 Å². The van der Waals surface area contributed by atoms with E-state index in [9.17, 15) is 9.59 Å². The first-order valence-electron chi connectivity index (χ1n) is 5.49. The molecule has 18 heavy (non-hydrogen) atoms. The van der Waals surface area contributed by atoms with Gasteiger partial charge in [-0.15, -0.1) is 0 Å². The summed E-state index contributed by atoms with van der Waals surface area (Å²) < 4.78 is 0. The highest BCUT2D eigenvalue weighted by Gasteiger charge is 2.14. The highest BCUT2D eigenvalue weighted by Crippen LogP contribution is 2.14. The molecule has 0 aromatic heterocycles. The Morgan fingerprint density at radius 1 is 1.11 bits per heavy atom. The molecule has 0 saturated heterocycles. The first-order valence-corrected chi connectivity index (χ1v) is 5.49. The Kier molecular flexibility index (Phi) is 4.67. The number of anilines is 2. The summed E-state index contributed by atoms with van der Waals surface area (Å²) in [4.78, 5) is 25.7. The molecule has 1 rings (SSSR count). The number of carbonyl (C=O) groups excluding carboxylic acids is 2. The SMILES string of the molecule is CN(CC(N)=O)CC(=O)N(C)c1ccc(N)cc1. The molecule has 1 aromatic rings. The first-order chi connectivity index (χ1) is 8.40. The van der Waals surface area contributed by atoms with Crippen LogP contribution in [0, 0.1) is 0 Å². The maximum absolute atomic E-state index is 11.9. The van der Waals surface area contributed by atoms with Crippen LogP contribution in [0.15, 0.2) is 24.3 Å². The molecule has 6 heteroatoms. The summed E-state index contributed by atoms with van der Waals surface area (Å²) in [5, 5.41) is 0. The standard InChI is InChI=1S/C12H18N4O2/c1-15(7-11(14)17)8-12(18)16(2)10-5-3-9(13)4-6-10/h3-6H,7-8,13H2,1-2H3,(H2,14,17). The second-order valence-corrected chi connectivity index (χ2v) is 4.18. The molecule has 6 nitrogen and oxygen atoms in total. The van der Waals surface area contributed by atoms with Crippen molar-refractivity contribution in [1.29, 1.82) is 0 Å². The van der Waals surface area contributed by atoms with Gasteiger partial charge in [0, 0.05) is 18.4 Å². The lowest BCUT2D eigenvalue weighted by molar-refractivity contribution is -0.121. The molecular formula is C12H18N4O2. The predicted molar refractivity (Wildman–Crippen MR) is 71.0 cm³/mol. The molecule has 98 valence electrons. The molecule has 2 amide bonds. The first kappa shape index (κ1) is 14.0. The maximum atomic E-state index is 11.9. The summed E-state index contributed by atoms with van der Waals surface area (Å²) in [6.45, 7) is 0.186. The maximum Gasteiger partial charge on any atom is 0.240 e. The van der Waals surface area contributed by atoms with Gasteiger partial charge in [-0.2, -0.15) is 0 Å². The molecule has 0 bridgehead atoms. The molecule has 0 spiro atoms. The van der Waals surface area contributed by atoms with Crippen molar-refractivity contribution in [3.8, 4) is 0 Å². The number of primary amides is 1. The quantitative estimate of drug-likeness (QED) is 0.698. The van der Waals surface area contributed by atoms with E-state index in [2.05, 4.69) is 0 Å². The lowest BCUT2D eigenvalue weighted by atomic mass is 10.2. The van der Waals surface area contributed by atoms with E-state index in [0.717, 1.165) is 5.69 Å². The molecule has 0 fully saturated rings. The van der Waals surface area contributed by atoms with Crippen molar-refractivity contribution in [2.24, 2.45) is 5.73 Å². The second kappa shape index (κ2) is 6.02. The third kappa shape index (κ3) is 4.06. The van der Waals surface area contributed by atoms with Gasteiger partial charge in [-0.05, 0) is 31.3 Å². The van der Waals surface area contributed by atoms with Crippen molar-refractivity contribution in [2.75, 3.05) is 37.8 Å². The number of hydrogen-bond acceptors (Lipinski definition) is 4. The molecule has 0 unspecified atom stereocenters. The fraction of sp³-hybridized carbons (Fsp3) is 0.333. The minimum absolute atomic E-state index is 0.0569. The zero-order valence-electron chi connectivity index (χ0n) is 10.6. The number of rotatable bonds is 5. The van der Waals surface area contributed by atoms with Gasteiger partial charge in [0.2, 0.25) is 11.8 Å². The van der Waals surface area contributed by atoms with Crippen LogP contribution in [0.3, 0.4) is 0 Å². The average Bonchev–Trinajstić information content (AvgIpc) is 2.27. The molecule has 0 saturated carbocycles. The van der Waals surface area contributed by atoms with Gasteiger partial charge in [0.05, 0.1) is 13.1 Å². The Morgan fingerprint density at radius 2 is 1.67 bits per heavy atom. The molecule has 4 N–H and O–H groups in total. The van der Waals surface area contributed by atoms with E-state index >= 15 is 0 Å². The Hall–Kier alpha value is -2.08. The van der Waals surface area contributed by atoms with E-state index in [1.165, 1.54) is 4.90 Å². The van der Waals surface area contributed by atoms with Crippen molar-refractivity contribution in [3.05, 3.63) is 24.3 Å². The zero-order valence-corrected chi connectivity index (χ0v) is 10.6. The topological polar surface area (TPSA) is 92.7 Å². The summed E-state index contributed by atoms with van der Waals surface area (Å²) in [7, 11) is 3.34. The summed E-state index contributed by atoms with van der Waals surface area (Å²) in [6.07, 6.45) is 0. The van der Waals surface area contributed by atoms with E-state index in [4.69, 9.17) is 11.5 Å². The molecule has 0 aliphatic carbocycles. The van der Waals surface area contributed by atoms with E-state index in [-0.39, 0.29) is 19.0 Å². The number of carbonyl (C=O) groups is 2. The van der Waals surface area contributed by atoms with Gasteiger partial charge in [0.1, 0.15) is 0 Å². The average molecular weight is 250 g/mol. The van der Waals surface area contributed by atoms with Gasteiger partial charge in [-0.25, -0.2) is 0 Å². The Labute approximate surface area is 106 Å². The summed E-state index contributed by atoms with van der Waals surface area (Å²) in [5.41, 5.74) is 12.0. The number of nitrogens with zero attached hydrogens (tertiary/aromatic N) is 2. The Bertz CT molecular complexity index is 430. The highest BCUT2D eigenvalue weighted by atomic mass is 16.2. The molecule has 0 heterocycles. The number of nitrogen functional groups attached to an aromatic ring is 1. The monoisotopic (exact) mass is 250 g/mol. The Balaban J connectivity index is 2.61. The van der Waals surface area contributed by atoms with Gasteiger partial charge < -0.3 is 16.4 Å². The fourth-order valence-electron chi connectivity index (χ4n) is 1.50. The number of hydrogen-bond donors (Lipinski definition) is 2. The van der Waals surface area contributed by atoms with Crippen LogP contribution in [0.25, 0.3) is 0 Å². The zero-order chi connectivity index (χ0) is 13.7. The third-order valence-electron chi connectivity index (χ3n) is 2.49. The molecule has 1 aromatic carbocycles. The predicted octanol–water partition coefficient (Wildman–Crippen LogP) is -0.351. The number of nitrogens with two attached hydrogens (primary N) is 2. The van der Waals surface area contributed by atoms with Crippen molar-refractivity contribution in [3.63, 3.8) is 0 Å². The molecule has 0 aliphatic heterocycles. The van der Waals surface area contributed by atoms with Crippen LogP contribution in [-0.2, 0) is 9.59 Å². The summed E-state index contributed by atoms with van der Waals surface area (Å²) >= 11 is 0. The number of likely N-dealkylation sites (N-methyl/N-ethyl adjacent to an activating group) is 2. The molecule has 0 atom stereocenters. The molecule has 0 aliphatic rings. The van der Waals surface area contributed by atoms with Crippen LogP contribution in [0.5, 0.6) is 0 Å². The van der Waals surface area contributed by atoms with Crippen LogP contribution >= 0.6 is 0 Å². The van der Waals surface area contributed by atoms with E-state index in [1.54, 1.807) is 43.3 Å².